The van der Waals surface area contributed by atoms with E-state index in [1.807, 2.05) is 0 Å². The Labute approximate surface area is 123 Å². The molecule has 0 spiro atoms. The molecule has 20 heavy (non-hydrogen) atoms. The molecule has 0 fully saturated rings. The summed E-state index contributed by atoms with van der Waals surface area (Å²) < 4.78 is 0. The summed E-state index contributed by atoms with van der Waals surface area (Å²) in [6, 6.07) is 18.0. The smallest absolute Gasteiger partial charge is 0.0361 e. The monoisotopic (exact) mass is 267 g/mol. The van der Waals surface area contributed by atoms with Crippen molar-refractivity contribution in [1.82, 2.24) is 5.32 Å². The number of hydrogen-bond acceptors (Lipinski definition) is 1. The van der Waals surface area contributed by atoms with Gasteiger partial charge in [0, 0.05) is 6.04 Å². The highest BCUT2D eigenvalue weighted by atomic mass is 14.9. The molecule has 0 amide bonds. The molecular weight excluding hydrogens is 242 g/mol. The van der Waals surface area contributed by atoms with Crippen molar-refractivity contribution in [2.24, 2.45) is 0 Å². The SMILES string of the molecule is CCCNC(Cc1ccccc1)c1cc(C)cc(C)c1. The fourth-order valence-corrected chi connectivity index (χ4v) is 2.69. The lowest BCUT2D eigenvalue weighted by atomic mass is 9.96. The van der Waals surface area contributed by atoms with Gasteiger partial charge in [0.05, 0.1) is 0 Å². The van der Waals surface area contributed by atoms with Crippen LogP contribution in [0.5, 0.6) is 0 Å². The first kappa shape index (κ1) is 14.8. The van der Waals surface area contributed by atoms with Crippen molar-refractivity contribution in [2.45, 2.75) is 39.7 Å². The molecule has 0 heterocycles. The van der Waals surface area contributed by atoms with Gasteiger partial charge in [-0.25, -0.2) is 0 Å². The topological polar surface area (TPSA) is 12.0 Å². The first-order chi connectivity index (χ1) is 9.69. The molecule has 2 aromatic carbocycles. The molecule has 0 aliphatic carbocycles. The van der Waals surface area contributed by atoms with E-state index in [9.17, 15) is 0 Å². The van der Waals surface area contributed by atoms with Crippen molar-refractivity contribution in [3.05, 3.63) is 70.8 Å². The van der Waals surface area contributed by atoms with Crippen LogP contribution in [-0.4, -0.2) is 6.54 Å². The predicted molar refractivity (Wildman–Crippen MR) is 87.1 cm³/mol. The summed E-state index contributed by atoms with van der Waals surface area (Å²) in [5, 5.41) is 3.69. The molecule has 0 aliphatic rings. The highest BCUT2D eigenvalue weighted by molar-refractivity contribution is 5.32. The second-order valence-corrected chi connectivity index (χ2v) is 5.62. The summed E-state index contributed by atoms with van der Waals surface area (Å²) in [5.41, 5.74) is 5.48. The lowest BCUT2D eigenvalue weighted by Crippen LogP contribution is -2.24. The van der Waals surface area contributed by atoms with Crippen LogP contribution in [0.3, 0.4) is 0 Å². The fraction of sp³-hybridized carbons (Fsp3) is 0.368. The summed E-state index contributed by atoms with van der Waals surface area (Å²) in [4.78, 5) is 0. The molecule has 1 nitrogen and oxygen atoms in total. The van der Waals surface area contributed by atoms with Gasteiger partial charge < -0.3 is 5.32 Å². The minimum absolute atomic E-state index is 0.399. The van der Waals surface area contributed by atoms with Gasteiger partial charge in [-0.15, -0.1) is 0 Å². The van der Waals surface area contributed by atoms with Gasteiger partial charge in [-0.05, 0) is 44.4 Å². The highest BCUT2D eigenvalue weighted by Gasteiger charge is 2.12. The maximum absolute atomic E-state index is 3.69. The Bertz CT molecular complexity index is 510. The van der Waals surface area contributed by atoms with Crippen LogP contribution in [0, 0.1) is 13.8 Å². The molecule has 0 radical (unpaired) electrons. The maximum atomic E-state index is 3.69. The van der Waals surface area contributed by atoms with E-state index < -0.39 is 0 Å². The Morgan fingerprint density at radius 1 is 0.950 bits per heavy atom. The fourth-order valence-electron chi connectivity index (χ4n) is 2.69. The molecule has 0 aromatic heterocycles. The zero-order chi connectivity index (χ0) is 14.4. The highest BCUT2D eigenvalue weighted by Crippen LogP contribution is 2.21. The van der Waals surface area contributed by atoms with Crippen molar-refractivity contribution in [2.75, 3.05) is 6.54 Å². The number of rotatable bonds is 6. The first-order valence-corrected chi connectivity index (χ1v) is 7.54. The average Bonchev–Trinajstić information content (AvgIpc) is 2.43. The molecule has 1 N–H and O–H groups in total. The van der Waals surface area contributed by atoms with Crippen molar-refractivity contribution in [3.8, 4) is 0 Å². The van der Waals surface area contributed by atoms with Crippen molar-refractivity contribution in [1.29, 1.82) is 0 Å². The van der Waals surface area contributed by atoms with Crippen molar-refractivity contribution < 1.29 is 0 Å². The molecule has 0 saturated carbocycles. The van der Waals surface area contributed by atoms with Crippen LogP contribution in [0.25, 0.3) is 0 Å². The normalized spacial score (nSPS) is 12.3. The Balaban J connectivity index is 2.22. The van der Waals surface area contributed by atoms with Crippen LogP contribution in [-0.2, 0) is 6.42 Å². The van der Waals surface area contributed by atoms with Gasteiger partial charge >= 0.3 is 0 Å². The van der Waals surface area contributed by atoms with Crippen LogP contribution in [0.2, 0.25) is 0 Å². The third-order valence-corrected chi connectivity index (χ3v) is 3.57. The van der Waals surface area contributed by atoms with E-state index in [4.69, 9.17) is 0 Å². The minimum Gasteiger partial charge on any atom is -0.310 e. The summed E-state index contributed by atoms with van der Waals surface area (Å²) in [5.74, 6) is 0. The van der Waals surface area contributed by atoms with E-state index in [1.54, 1.807) is 0 Å². The van der Waals surface area contributed by atoms with Gasteiger partial charge in [-0.2, -0.15) is 0 Å². The van der Waals surface area contributed by atoms with Gasteiger partial charge in [0.2, 0.25) is 0 Å². The molecule has 2 aromatic rings. The molecule has 1 unspecified atom stereocenters. The van der Waals surface area contributed by atoms with Gasteiger partial charge in [-0.3, -0.25) is 0 Å². The molecule has 2 rings (SSSR count). The zero-order valence-corrected chi connectivity index (χ0v) is 12.8. The van der Waals surface area contributed by atoms with Crippen molar-refractivity contribution in [3.63, 3.8) is 0 Å². The van der Waals surface area contributed by atoms with Gasteiger partial charge in [0.1, 0.15) is 0 Å². The molecule has 0 saturated heterocycles. The molecule has 0 aliphatic heterocycles. The zero-order valence-electron chi connectivity index (χ0n) is 12.8. The average molecular weight is 267 g/mol. The van der Waals surface area contributed by atoms with E-state index in [1.165, 1.54) is 22.3 Å². The van der Waals surface area contributed by atoms with Gasteiger partial charge in [0.25, 0.3) is 0 Å². The number of benzene rings is 2. The largest absolute Gasteiger partial charge is 0.310 e. The Morgan fingerprint density at radius 2 is 1.60 bits per heavy atom. The van der Waals surface area contributed by atoms with E-state index in [-0.39, 0.29) is 0 Å². The minimum atomic E-state index is 0.399. The Kier molecular flexibility index (Phi) is 5.37. The number of aryl methyl sites for hydroxylation is 2. The lowest BCUT2D eigenvalue weighted by molar-refractivity contribution is 0.529. The third kappa shape index (κ3) is 4.21. The quantitative estimate of drug-likeness (QED) is 0.807. The van der Waals surface area contributed by atoms with Crippen LogP contribution in [0.1, 0.15) is 41.6 Å². The van der Waals surface area contributed by atoms with Crippen LogP contribution >= 0.6 is 0 Å². The third-order valence-electron chi connectivity index (χ3n) is 3.57. The van der Waals surface area contributed by atoms with Crippen molar-refractivity contribution >= 4 is 0 Å². The number of hydrogen-bond donors (Lipinski definition) is 1. The summed E-state index contributed by atoms with van der Waals surface area (Å²) in [6.45, 7) is 7.63. The Morgan fingerprint density at radius 3 is 2.20 bits per heavy atom. The molecule has 0 bridgehead atoms. The van der Waals surface area contributed by atoms with Gasteiger partial charge in [0.15, 0.2) is 0 Å². The van der Waals surface area contributed by atoms with Crippen LogP contribution < -0.4 is 5.32 Å². The molecule has 106 valence electrons. The maximum Gasteiger partial charge on any atom is 0.0361 e. The first-order valence-electron chi connectivity index (χ1n) is 7.54. The summed E-state index contributed by atoms with van der Waals surface area (Å²) in [6.07, 6.45) is 2.21. The predicted octanol–water partition coefficient (Wildman–Crippen LogP) is 4.59. The lowest BCUT2D eigenvalue weighted by Gasteiger charge is -2.20. The van der Waals surface area contributed by atoms with Crippen LogP contribution in [0.15, 0.2) is 48.5 Å². The second-order valence-electron chi connectivity index (χ2n) is 5.62. The molecular formula is C19H25N. The molecule has 1 heteroatoms. The van der Waals surface area contributed by atoms with Gasteiger partial charge in [-0.1, -0.05) is 66.6 Å². The van der Waals surface area contributed by atoms with E-state index >= 15 is 0 Å². The summed E-state index contributed by atoms with van der Waals surface area (Å²) in [7, 11) is 0. The van der Waals surface area contributed by atoms with E-state index in [0.29, 0.717) is 6.04 Å². The second kappa shape index (κ2) is 7.25. The summed E-state index contributed by atoms with van der Waals surface area (Å²) >= 11 is 0. The molecule has 1 atom stereocenters. The van der Waals surface area contributed by atoms with E-state index in [2.05, 4.69) is 74.6 Å². The van der Waals surface area contributed by atoms with Crippen LogP contribution in [0.4, 0.5) is 0 Å². The number of nitrogens with one attached hydrogen (secondary N) is 1. The standard InChI is InChI=1S/C19H25N/c1-4-10-20-19(14-17-8-6-5-7-9-17)18-12-15(2)11-16(3)13-18/h5-9,11-13,19-20H,4,10,14H2,1-3H3. The Hall–Kier alpha value is -1.60. The van der Waals surface area contributed by atoms with E-state index in [0.717, 1.165) is 19.4 Å².